The largest absolute Gasteiger partial charge is 0.414 e. The van der Waals surface area contributed by atoms with Gasteiger partial charge in [0.1, 0.15) is 0 Å². The first-order chi connectivity index (χ1) is 7.69. The van der Waals surface area contributed by atoms with E-state index in [1.54, 1.807) is 0 Å². The van der Waals surface area contributed by atoms with Crippen molar-refractivity contribution in [3.05, 3.63) is 0 Å². The van der Waals surface area contributed by atoms with Crippen molar-refractivity contribution in [1.29, 1.82) is 0 Å². The SMILES string of the molecule is CC(C)(C)[Si](C)(C)O[C@H]1C[C@H]2C[C@H](O)[C@@H](C1)O2. The minimum absolute atomic E-state index is 0.0171. The summed E-state index contributed by atoms with van der Waals surface area (Å²) in [4.78, 5) is 0. The molecule has 2 aliphatic rings. The molecule has 100 valence electrons. The van der Waals surface area contributed by atoms with E-state index in [9.17, 15) is 5.11 Å². The fourth-order valence-corrected chi connectivity index (χ4v) is 3.90. The fraction of sp³-hybridized carbons (Fsp3) is 1.00. The number of fused-ring (bicyclic) bond motifs is 2. The van der Waals surface area contributed by atoms with Crippen LogP contribution in [-0.2, 0) is 9.16 Å². The summed E-state index contributed by atoms with van der Waals surface area (Å²) in [6.45, 7) is 11.4. The zero-order valence-corrected chi connectivity index (χ0v) is 12.7. The summed E-state index contributed by atoms with van der Waals surface area (Å²) in [7, 11) is -1.68. The Balaban J connectivity index is 1.97. The molecular formula is C13H26O3Si. The number of rotatable bonds is 2. The maximum Gasteiger partial charge on any atom is 0.192 e. The molecular weight excluding hydrogens is 232 g/mol. The molecule has 0 aromatic rings. The van der Waals surface area contributed by atoms with E-state index in [1.807, 2.05) is 0 Å². The Kier molecular flexibility index (Phi) is 3.45. The topological polar surface area (TPSA) is 38.7 Å². The number of aliphatic hydroxyl groups is 1. The van der Waals surface area contributed by atoms with Crippen molar-refractivity contribution in [2.45, 2.75) is 82.6 Å². The van der Waals surface area contributed by atoms with E-state index in [2.05, 4.69) is 33.9 Å². The second-order valence-electron chi connectivity index (χ2n) is 7.07. The molecule has 2 rings (SSSR count). The van der Waals surface area contributed by atoms with Gasteiger partial charge < -0.3 is 14.3 Å². The molecule has 2 fully saturated rings. The van der Waals surface area contributed by atoms with Gasteiger partial charge in [-0.25, -0.2) is 0 Å². The molecule has 17 heavy (non-hydrogen) atoms. The van der Waals surface area contributed by atoms with Crippen LogP contribution >= 0.6 is 0 Å². The van der Waals surface area contributed by atoms with Crippen LogP contribution in [0, 0.1) is 0 Å². The molecule has 2 aliphatic heterocycles. The van der Waals surface area contributed by atoms with Gasteiger partial charge in [0.15, 0.2) is 8.32 Å². The van der Waals surface area contributed by atoms with Crippen molar-refractivity contribution in [2.75, 3.05) is 0 Å². The zero-order valence-electron chi connectivity index (χ0n) is 11.7. The molecule has 2 bridgehead atoms. The lowest BCUT2D eigenvalue weighted by molar-refractivity contribution is -0.0660. The normalized spacial score (nSPS) is 38.5. The van der Waals surface area contributed by atoms with Crippen molar-refractivity contribution in [1.82, 2.24) is 0 Å². The molecule has 0 aromatic carbocycles. The lowest BCUT2D eigenvalue weighted by Gasteiger charge is -2.41. The fourth-order valence-electron chi connectivity index (χ4n) is 2.52. The third-order valence-corrected chi connectivity index (χ3v) is 9.12. The quantitative estimate of drug-likeness (QED) is 0.774. The molecule has 0 aromatic heterocycles. The van der Waals surface area contributed by atoms with Crippen LogP contribution in [-0.4, -0.2) is 37.8 Å². The van der Waals surface area contributed by atoms with Crippen LogP contribution in [0.5, 0.6) is 0 Å². The highest BCUT2D eigenvalue weighted by Crippen LogP contribution is 2.41. The first-order valence-electron chi connectivity index (χ1n) is 6.70. The van der Waals surface area contributed by atoms with E-state index in [0.29, 0.717) is 0 Å². The standard InChI is InChI=1S/C13H26O3Si/c1-13(2,3)17(4,5)16-10-6-9-7-11(14)12(8-10)15-9/h9-12,14H,6-8H2,1-5H3/t9-,10-,11-,12+/m0/s1. The molecule has 4 atom stereocenters. The summed E-state index contributed by atoms with van der Waals surface area (Å²) >= 11 is 0. The Morgan fingerprint density at radius 1 is 1.18 bits per heavy atom. The van der Waals surface area contributed by atoms with E-state index >= 15 is 0 Å². The van der Waals surface area contributed by atoms with Crippen LogP contribution in [0.25, 0.3) is 0 Å². The number of hydrogen-bond donors (Lipinski definition) is 1. The molecule has 1 N–H and O–H groups in total. The molecule has 0 radical (unpaired) electrons. The predicted octanol–water partition coefficient (Wildman–Crippen LogP) is 2.69. The van der Waals surface area contributed by atoms with Gasteiger partial charge in [0.2, 0.25) is 0 Å². The molecule has 3 nitrogen and oxygen atoms in total. The number of ether oxygens (including phenoxy) is 1. The Hall–Kier alpha value is 0.0969. The summed E-state index contributed by atoms with van der Waals surface area (Å²) in [6.07, 6.45) is 2.87. The van der Waals surface area contributed by atoms with E-state index < -0.39 is 8.32 Å². The molecule has 2 saturated heterocycles. The molecule has 0 unspecified atom stereocenters. The summed E-state index contributed by atoms with van der Waals surface area (Å²) in [6, 6.07) is 0. The van der Waals surface area contributed by atoms with E-state index in [4.69, 9.17) is 9.16 Å². The second kappa shape index (κ2) is 4.33. The second-order valence-corrected chi connectivity index (χ2v) is 11.8. The molecule has 0 aliphatic carbocycles. The summed E-state index contributed by atoms with van der Waals surface area (Å²) < 4.78 is 12.1. The first kappa shape index (κ1) is 13.5. The van der Waals surface area contributed by atoms with Gasteiger partial charge in [-0.1, -0.05) is 20.8 Å². The molecule has 4 heteroatoms. The summed E-state index contributed by atoms with van der Waals surface area (Å²) in [5.74, 6) is 0. The van der Waals surface area contributed by atoms with Gasteiger partial charge in [0.05, 0.1) is 24.4 Å². The molecule has 0 saturated carbocycles. The third-order valence-electron chi connectivity index (χ3n) is 4.59. The van der Waals surface area contributed by atoms with Crippen molar-refractivity contribution < 1.29 is 14.3 Å². The van der Waals surface area contributed by atoms with Gasteiger partial charge in [-0.3, -0.25) is 0 Å². The molecule has 0 amide bonds. The Morgan fingerprint density at radius 3 is 2.35 bits per heavy atom. The van der Waals surface area contributed by atoms with Gasteiger partial charge in [0.25, 0.3) is 0 Å². The average molecular weight is 258 g/mol. The monoisotopic (exact) mass is 258 g/mol. The minimum Gasteiger partial charge on any atom is -0.414 e. The Morgan fingerprint density at radius 2 is 1.82 bits per heavy atom. The maximum absolute atomic E-state index is 9.81. The highest BCUT2D eigenvalue weighted by molar-refractivity contribution is 6.74. The highest BCUT2D eigenvalue weighted by atomic mass is 28.4. The Bertz CT molecular complexity index is 283. The van der Waals surface area contributed by atoms with Gasteiger partial charge in [-0.2, -0.15) is 0 Å². The first-order valence-corrected chi connectivity index (χ1v) is 9.61. The van der Waals surface area contributed by atoms with Crippen molar-refractivity contribution >= 4 is 8.32 Å². The van der Waals surface area contributed by atoms with Crippen LogP contribution < -0.4 is 0 Å². The van der Waals surface area contributed by atoms with Crippen LogP contribution in [0.4, 0.5) is 0 Å². The van der Waals surface area contributed by atoms with Crippen LogP contribution in [0.1, 0.15) is 40.0 Å². The van der Waals surface area contributed by atoms with Crippen molar-refractivity contribution in [3.63, 3.8) is 0 Å². The van der Waals surface area contributed by atoms with Crippen molar-refractivity contribution in [2.24, 2.45) is 0 Å². The molecule has 0 spiro atoms. The maximum atomic E-state index is 9.81. The zero-order chi connectivity index (χ0) is 12.8. The smallest absolute Gasteiger partial charge is 0.192 e. The van der Waals surface area contributed by atoms with Crippen molar-refractivity contribution in [3.8, 4) is 0 Å². The Labute approximate surface area is 106 Å². The van der Waals surface area contributed by atoms with Crippen LogP contribution in [0.3, 0.4) is 0 Å². The van der Waals surface area contributed by atoms with E-state index in [1.165, 1.54) is 0 Å². The van der Waals surface area contributed by atoms with E-state index in [-0.39, 0.29) is 29.5 Å². The predicted molar refractivity (Wildman–Crippen MR) is 70.6 cm³/mol. The molecule has 2 heterocycles. The van der Waals surface area contributed by atoms with Gasteiger partial charge in [0, 0.05) is 12.8 Å². The number of aliphatic hydroxyl groups excluding tert-OH is 1. The highest BCUT2D eigenvalue weighted by Gasteiger charge is 2.45. The van der Waals surface area contributed by atoms with Gasteiger partial charge >= 0.3 is 0 Å². The minimum atomic E-state index is -1.68. The van der Waals surface area contributed by atoms with E-state index in [0.717, 1.165) is 19.3 Å². The lowest BCUT2D eigenvalue weighted by Crippen LogP contribution is -2.46. The average Bonchev–Trinajstić information content (AvgIpc) is 2.38. The summed E-state index contributed by atoms with van der Waals surface area (Å²) in [5, 5.41) is 10.1. The van der Waals surface area contributed by atoms with Gasteiger partial charge in [-0.05, 0) is 24.6 Å². The lowest BCUT2D eigenvalue weighted by atomic mass is 10.1. The number of hydrogen-bond acceptors (Lipinski definition) is 3. The third kappa shape index (κ3) is 2.75. The summed E-state index contributed by atoms with van der Waals surface area (Å²) in [5.41, 5.74) is 0. The van der Waals surface area contributed by atoms with Crippen LogP contribution in [0.2, 0.25) is 18.1 Å². The van der Waals surface area contributed by atoms with Gasteiger partial charge in [-0.15, -0.1) is 0 Å². The van der Waals surface area contributed by atoms with Crippen LogP contribution in [0.15, 0.2) is 0 Å².